The van der Waals surface area contributed by atoms with Crippen molar-refractivity contribution in [3.63, 3.8) is 0 Å². The lowest BCUT2D eigenvalue weighted by molar-refractivity contribution is 0.482. The number of sulfonamides is 1. The van der Waals surface area contributed by atoms with Crippen LogP contribution in [-0.4, -0.2) is 15.0 Å². The van der Waals surface area contributed by atoms with Gasteiger partial charge in [-0.05, 0) is 61.7 Å². The second kappa shape index (κ2) is 8.84. The van der Waals surface area contributed by atoms with E-state index in [1.807, 2.05) is 37.3 Å². The van der Waals surface area contributed by atoms with Gasteiger partial charge in [0.15, 0.2) is 0 Å². The number of benzene rings is 3. The molecule has 27 heavy (non-hydrogen) atoms. The minimum Gasteiger partial charge on any atom is -0.457 e. The first-order valence-corrected chi connectivity index (χ1v) is 10.4. The quantitative estimate of drug-likeness (QED) is 0.576. The molecule has 0 spiro atoms. The number of ether oxygens (including phenoxy) is 1. The Bertz CT molecular complexity index is 951. The highest BCUT2D eigenvalue weighted by atomic mass is 32.2. The predicted molar refractivity (Wildman–Crippen MR) is 108 cm³/mol. The first kappa shape index (κ1) is 19.1. The lowest BCUT2D eigenvalue weighted by Crippen LogP contribution is -2.25. The average Bonchev–Trinajstić information content (AvgIpc) is 2.68. The summed E-state index contributed by atoms with van der Waals surface area (Å²) in [6.45, 7) is 2.45. The Labute approximate surface area is 160 Å². The van der Waals surface area contributed by atoms with Crippen molar-refractivity contribution in [2.24, 2.45) is 0 Å². The molecule has 0 amide bonds. The molecule has 0 heterocycles. The molecule has 0 unspecified atom stereocenters. The largest absolute Gasteiger partial charge is 0.457 e. The van der Waals surface area contributed by atoms with Crippen molar-refractivity contribution >= 4 is 10.0 Å². The Hall–Kier alpha value is -2.63. The van der Waals surface area contributed by atoms with Crippen LogP contribution in [0.1, 0.15) is 17.5 Å². The smallest absolute Gasteiger partial charge is 0.240 e. The number of rotatable bonds is 8. The highest BCUT2D eigenvalue weighted by Gasteiger charge is 2.13. The molecule has 0 saturated heterocycles. The van der Waals surface area contributed by atoms with Gasteiger partial charge in [-0.3, -0.25) is 0 Å². The van der Waals surface area contributed by atoms with Crippen molar-refractivity contribution in [2.75, 3.05) is 6.54 Å². The van der Waals surface area contributed by atoms with Gasteiger partial charge < -0.3 is 4.74 Å². The fourth-order valence-electron chi connectivity index (χ4n) is 2.65. The van der Waals surface area contributed by atoms with Crippen LogP contribution in [0.3, 0.4) is 0 Å². The molecule has 4 nitrogen and oxygen atoms in total. The molecule has 140 valence electrons. The van der Waals surface area contributed by atoms with Gasteiger partial charge in [0.1, 0.15) is 11.5 Å². The number of aryl methyl sites for hydroxylation is 2. The Morgan fingerprint density at radius 2 is 1.44 bits per heavy atom. The van der Waals surface area contributed by atoms with Crippen molar-refractivity contribution in [1.82, 2.24) is 4.72 Å². The highest BCUT2D eigenvalue weighted by Crippen LogP contribution is 2.22. The van der Waals surface area contributed by atoms with E-state index in [9.17, 15) is 8.42 Å². The molecule has 0 saturated carbocycles. The van der Waals surface area contributed by atoms with Gasteiger partial charge in [0.25, 0.3) is 0 Å². The molecule has 0 radical (unpaired) electrons. The topological polar surface area (TPSA) is 55.4 Å². The van der Waals surface area contributed by atoms with Gasteiger partial charge in [-0.25, -0.2) is 13.1 Å². The Kier molecular flexibility index (Phi) is 6.27. The molecule has 5 heteroatoms. The second-order valence-corrected chi connectivity index (χ2v) is 8.14. The summed E-state index contributed by atoms with van der Waals surface area (Å²) in [6.07, 6.45) is 1.59. The van der Waals surface area contributed by atoms with Crippen LogP contribution in [0.2, 0.25) is 0 Å². The number of hydrogen-bond donors (Lipinski definition) is 1. The zero-order valence-electron chi connectivity index (χ0n) is 15.3. The summed E-state index contributed by atoms with van der Waals surface area (Å²) in [7, 11) is -3.52. The predicted octanol–water partition coefficient (Wildman–Crippen LogP) is 4.70. The molecule has 3 aromatic rings. The number of hydrogen-bond acceptors (Lipinski definition) is 3. The Balaban J connectivity index is 1.52. The highest BCUT2D eigenvalue weighted by molar-refractivity contribution is 7.89. The fraction of sp³-hybridized carbons (Fsp3) is 0.182. The van der Waals surface area contributed by atoms with Crippen molar-refractivity contribution in [2.45, 2.75) is 24.7 Å². The SMILES string of the molecule is Cc1ccc(CCCNS(=O)(=O)c2ccc(Oc3ccccc3)cc2)cc1. The molecule has 0 aliphatic carbocycles. The van der Waals surface area contributed by atoms with Crippen LogP contribution in [0.25, 0.3) is 0 Å². The summed E-state index contributed by atoms with van der Waals surface area (Å²) in [5, 5.41) is 0. The van der Waals surface area contributed by atoms with Crippen molar-refractivity contribution in [3.05, 3.63) is 90.0 Å². The van der Waals surface area contributed by atoms with Crippen LogP contribution in [0, 0.1) is 6.92 Å². The summed E-state index contributed by atoms with van der Waals surface area (Å²) in [4.78, 5) is 0.234. The molecule has 3 rings (SSSR count). The number of para-hydroxylation sites is 1. The van der Waals surface area contributed by atoms with Crippen LogP contribution in [0.15, 0.2) is 83.8 Å². The van der Waals surface area contributed by atoms with E-state index in [1.54, 1.807) is 24.3 Å². The van der Waals surface area contributed by atoms with Gasteiger partial charge in [-0.15, -0.1) is 0 Å². The maximum absolute atomic E-state index is 12.4. The average molecular weight is 381 g/mol. The zero-order valence-corrected chi connectivity index (χ0v) is 16.1. The molecule has 0 aliphatic heterocycles. The van der Waals surface area contributed by atoms with Crippen molar-refractivity contribution in [3.8, 4) is 11.5 Å². The summed E-state index contributed by atoms with van der Waals surface area (Å²) in [5.74, 6) is 1.31. The molecule has 1 N–H and O–H groups in total. The van der Waals surface area contributed by atoms with Gasteiger partial charge in [0.2, 0.25) is 10.0 Å². The summed E-state index contributed by atoms with van der Waals surface area (Å²) >= 11 is 0. The van der Waals surface area contributed by atoms with E-state index >= 15 is 0 Å². The third kappa shape index (κ3) is 5.67. The summed E-state index contributed by atoms with van der Waals surface area (Å²) in [6, 6.07) is 24.1. The minimum absolute atomic E-state index is 0.234. The maximum atomic E-state index is 12.4. The normalized spacial score (nSPS) is 11.3. The van der Waals surface area contributed by atoms with E-state index in [-0.39, 0.29) is 4.90 Å². The lowest BCUT2D eigenvalue weighted by Gasteiger charge is -2.09. The van der Waals surface area contributed by atoms with Gasteiger partial charge in [-0.1, -0.05) is 48.0 Å². The van der Waals surface area contributed by atoms with Crippen LogP contribution in [0.5, 0.6) is 11.5 Å². The van der Waals surface area contributed by atoms with Crippen LogP contribution < -0.4 is 9.46 Å². The standard InChI is InChI=1S/C22H23NO3S/c1-18-9-11-19(12-10-18)6-5-17-23-27(24,25)22-15-13-21(14-16-22)26-20-7-3-2-4-8-20/h2-4,7-16,23H,5-6,17H2,1H3. The van der Waals surface area contributed by atoms with E-state index in [0.717, 1.165) is 12.8 Å². The van der Waals surface area contributed by atoms with E-state index in [1.165, 1.54) is 11.1 Å². The van der Waals surface area contributed by atoms with Crippen molar-refractivity contribution in [1.29, 1.82) is 0 Å². The first-order chi connectivity index (χ1) is 13.0. The summed E-state index contributed by atoms with van der Waals surface area (Å²) < 4.78 is 33.2. The van der Waals surface area contributed by atoms with Gasteiger partial charge in [0.05, 0.1) is 4.90 Å². The molecule has 3 aromatic carbocycles. The monoisotopic (exact) mass is 381 g/mol. The zero-order chi connectivity index (χ0) is 19.1. The van der Waals surface area contributed by atoms with E-state index < -0.39 is 10.0 Å². The molecule has 0 aromatic heterocycles. The molecular weight excluding hydrogens is 358 g/mol. The molecule has 0 atom stereocenters. The third-order valence-electron chi connectivity index (χ3n) is 4.17. The van der Waals surface area contributed by atoms with Gasteiger partial charge >= 0.3 is 0 Å². The van der Waals surface area contributed by atoms with E-state index in [4.69, 9.17) is 4.74 Å². The van der Waals surface area contributed by atoms with Crippen LogP contribution in [0.4, 0.5) is 0 Å². The van der Waals surface area contributed by atoms with E-state index in [0.29, 0.717) is 18.0 Å². The van der Waals surface area contributed by atoms with Crippen LogP contribution >= 0.6 is 0 Å². The Morgan fingerprint density at radius 1 is 0.815 bits per heavy atom. The molecule has 0 bridgehead atoms. The lowest BCUT2D eigenvalue weighted by atomic mass is 10.1. The van der Waals surface area contributed by atoms with Gasteiger partial charge in [0, 0.05) is 6.54 Å². The maximum Gasteiger partial charge on any atom is 0.240 e. The molecule has 0 fully saturated rings. The van der Waals surface area contributed by atoms with Crippen molar-refractivity contribution < 1.29 is 13.2 Å². The summed E-state index contributed by atoms with van der Waals surface area (Å²) in [5.41, 5.74) is 2.43. The Morgan fingerprint density at radius 3 is 2.11 bits per heavy atom. The second-order valence-electron chi connectivity index (χ2n) is 6.37. The number of nitrogens with one attached hydrogen (secondary N) is 1. The molecule has 0 aliphatic rings. The van der Waals surface area contributed by atoms with Gasteiger partial charge in [-0.2, -0.15) is 0 Å². The minimum atomic E-state index is -3.52. The molecular formula is C22H23NO3S. The third-order valence-corrected chi connectivity index (χ3v) is 5.64. The first-order valence-electron chi connectivity index (χ1n) is 8.91. The van der Waals surface area contributed by atoms with Crippen LogP contribution in [-0.2, 0) is 16.4 Å². The fourth-order valence-corrected chi connectivity index (χ4v) is 3.72. The van der Waals surface area contributed by atoms with E-state index in [2.05, 4.69) is 29.0 Å².